The minimum Gasteiger partial charge on any atom is -0.334 e. The van der Waals surface area contributed by atoms with Gasteiger partial charge in [0.2, 0.25) is 10.0 Å². The molecule has 1 unspecified atom stereocenters. The third-order valence-electron chi connectivity index (χ3n) is 3.88. The number of nitrogens with zero attached hydrogens (tertiary/aromatic N) is 1. The third kappa shape index (κ3) is 4.67. The molecule has 8 heteroatoms. The van der Waals surface area contributed by atoms with Crippen molar-refractivity contribution in [1.29, 1.82) is 0 Å². The van der Waals surface area contributed by atoms with Crippen molar-refractivity contribution in [2.75, 3.05) is 26.7 Å². The molecule has 2 N–H and O–H groups in total. The molecule has 1 aromatic carbocycles. The second-order valence-electron chi connectivity index (χ2n) is 5.38. The average molecular weight is 362 g/mol. The van der Waals surface area contributed by atoms with Crippen molar-refractivity contribution >= 4 is 28.3 Å². The first-order chi connectivity index (χ1) is 10.5. The molecular formula is C15H24ClN3O3S. The number of benzene rings is 1. The monoisotopic (exact) mass is 361 g/mol. The molecule has 1 aromatic rings. The maximum Gasteiger partial charge on any atom is 0.254 e. The first-order valence-electron chi connectivity index (χ1n) is 7.55. The quantitative estimate of drug-likeness (QED) is 0.798. The highest BCUT2D eigenvalue weighted by molar-refractivity contribution is 7.89. The summed E-state index contributed by atoms with van der Waals surface area (Å²) < 4.78 is 25.7. The molecule has 1 fully saturated rings. The second-order valence-corrected chi connectivity index (χ2v) is 7.26. The molecule has 0 aromatic heterocycles. The molecule has 1 saturated heterocycles. The van der Waals surface area contributed by atoms with Crippen molar-refractivity contribution in [3.63, 3.8) is 0 Å². The highest BCUT2D eigenvalue weighted by atomic mass is 35.5. The van der Waals surface area contributed by atoms with Gasteiger partial charge < -0.3 is 10.2 Å². The summed E-state index contributed by atoms with van der Waals surface area (Å²) in [5.74, 6) is -0.0380. The smallest absolute Gasteiger partial charge is 0.254 e. The summed E-state index contributed by atoms with van der Waals surface area (Å²) >= 11 is 0. The first-order valence-corrected chi connectivity index (χ1v) is 9.03. The summed E-state index contributed by atoms with van der Waals surface area (Å²) in [6.45, 7) is 4.50. The molecule has 1 heterocycles. The number of rotatable bonds is 6. The van der Waals surface area contributed by atoms with Crippen molar-refractivity contribution in [3.05, 3.63) is 29.8 Å². The molecule has 1 aliphatic rings. The lowest BCUT2D eigenvalue weighted by Crippen LogP contribution is -2.42. The van der Waals surface area contributed by atoms with Gasteiger partial charge in [-0.25, -0.2) is 13.1 Å². The number of sulfonamides is 1. The Hall–Kier alpha value is -1.15. The molecule has 6 nitrogen and oxygen atoms in total. The Labute approximate surface area is 144 Å². The van der Waals surface area contributed by atoms with E-state index in [-0.39, 0.29) is 29.3 Å². The zero-order valence-corrected chi connectivity index (χ0v) is 15.0. The second kappa shape index (κ2) is 8.63. The molecule has 23 heavy (non-hydrogen) atoms. The van der Waals surface area contributed by atoms with Gasteiger partial charge in [-0.05, 0) is 50.7 Å². The molecule has 0 bridgehead atoms. The molecule has 0 aliphatic carbocycles. The lowest BCUT2D eigenvalue weighted by Gasteiger charge is -2.28. The Morgan fingerprint density at radius 3 is 2.48 bits per heavy atom. The zero-order valence-electron chi connectivity index (χ0n) is 13.4. The highest BCUT2D eigenvalue weighted by Crippen LogP contribution is 2.16. The van der Waals surface area contributed by atoms with Crippen LogP contribution >= 0.6 is 12.4 Å². The van der Waals surface area contributed by atoms with Crippen LogP contribution in [0.25, 0.3) is 0 Å². The van der Waals surface area contributed by atoms with Crippen molar-refractivity contribution in [1.82, 2.24) is 14.9 Å². The SMILES string of the molecule is CCCN(C(=O)c1ccc(S(=O)(=O)NC)cc1)C1CCNC1.Cl. The van der Waals surface area contributed by atoms with E-state index in [0.717, 1.165) is 25.9 Å². The fourth-order valence-corrected chi connectivity index (χ4v) is 3.39. The number of hydrogen-bond acceptors (Lipinski definition) is 4. The van der Waals surface area contributed by atoms with Crippen LogP contribution in [0.15, 0.2) is 29.2 Å². The minimum absolute atomic E-state index is 0. The number of halogens is 1. The molecule has 1 atom stereocenters. The van der Waals surface area contributed by atoms with Gasteiger partial charge in [-0.3, -0.25) is 4.79 Å². The van der Waals surface area contributed by atoms with Crippen molar-refractivity contribution in [2.24, 2.45) is 0 Å². The summed E-state index contributed by atoms with van der Waals surface area (Å²) in [5.41, 5.74) is 0.524. The Balaban J connectivity index is 0.00000264. The summed E-state index contributed by atoms with van der Waals surface area (Å²) in [6, 6.07) is 6.31. The van der Waals surface area contributed by atoms with Crippen LogP contribution in [0.2, 0.25) is 0 Å². The van der Waals surface area contributed by atoms with E-state index in [1.165, 1.54) is 19.2 Å². The van der Waals surface area contributed by atoms with Gasteiger partial charge in [-0.15, -0.1) is 12.4 Å². The van der Waals surface area contributed by atoms with Gasteiger partial charge in [0.15, 0.2) is 0 Å². The largest absolute Gasteiger partial charge is 0.334 e. The number of nitrogens with one attached hydrogen (secondary N) is 2. The molecule has 1 aliphatic heterocycles. The molecule has 130 valence electrons. The number of carbonyl (C=O) groups excluding carboxylic acids is 1. The maximum atomic E-state index is 12.7. The lowest BCUT2D eigenvalue weighted by molar-refractivity contribution is 0.0692. The topological polar surface area (TPSA) is 78.5 Å². The fraction of sp³-hybridized carbons (Fsp3) is 0.533. The van der Waals surface area contributed by atoms with Gasteiger partial charge in [-0.1, -0.05) is 6.92 Å². The van der Waals surface area contributed by atoms with Gasteiger partial charge in [0, 0.05) is 24.7 Å². The van der Waals surface area contributed by atoms with E-state index < -0.39 is 10.0 Å². The Morgan fingerprint density at radius 2 is 2.00 bits per heavy atom. The normalized spacial score (nSPS) is 17.6. The van der Waals surface area contributed by atoms with E-state index in [9.17, 15) is 13.2 Å². The van der Waals surface area contributed by atoms with E-state index in [0.29, 0.717) is 12.1 Å². The first kappa shape index (κ1) is 19.9. The minimum atomic E-state index is -3.47. The van der Waals surface area contributed by atoms with Gasteiger partial charge in [0.05, 0.1) is 4.90 Å². The van der Waals surface area contributed by atoms with Gasteiger partial charge in [0.25, 0.3) is 5.91 Å². The number of hydrogen-bond donors (Lipinski definition) is 2. The lowest BCUT2D eigenvalue weighted by atomic mass is 10.1. The summed E-state index contributed by atoms with van der Waals surface area (Å²) in [5, 5.41) is 3.27. The maximum absolute atomic E-state index is 12.7. The molecule has 1 amide bonds. The number of amides is 1. The Morgan fingerprint density at radius 1 is 1.35 bits per heavy atom. The van der Waals surface area contributed by atoms with Crippen molar-refractivity contribution < 1.29 is 13.2 Å². The van der Waals surface area contributed by atoms with Crippen LogP contribution in [-0.2, 0) is 10.0 Å². The average Bonchev–Trinajstić information content (AvgIpc) is 3.06. The third-order valence-corrected chi connectivity index (χ3v) is 5.31. The van der Waals surface area contributed by atoms with Crippen LogP contribution in [-0.4, -0.2) is 51.9 Å². The van der Waals surface area contributed by atoms with Gasteiger partial charge in [0.1, 0.15) is 0 Å². The molecule has 2 rings (SSSR count). The van der Waals surface area contributed by atoms with Crippen LogP contribution in [0.1, 0.15) is 30.1 Å². The van der Waals surface area contributed by atoms with Crippen molar-refractivity contribution in [2.45, 2.75) is 30.7 Å². The van der Waals surface area contributed by atoms with E-state index in [1.54, 1.807) is 12.1 Å². The Kier molecular flexibility index (Phi) is 7.47. The van der Waals surface area contributed by atoms with Gasteiger partial charge in [-0.2, -0.15) is 0 Å². The van der Waals surface area contributed by atoms with Crippen molar-refractivity contribution in [3.8, 4) is 0 Å². The molecule has 0 radical (unpaired) electrons. The van der Waals surface area contributed by atoms with E-state index in [4.69, 9.17) is 0 Å². The molecule has 0 spiro atoms. The van der Waals surface area contributed by atoms with Crippen LogP contribution in [0, 0.1) is 0 Å². The van der Waals surface area contributed by atoms with Crippen LogP contribution in [0.3, 0.4) is 0 Å². The Bertz CT molecular complexity index is 613. The van der Waals surface area contributed by atoms with Crippen LogP contribution in [0.4, 0.5) is 0 Å². The van der Waals surface area contributed by atoms with E-state index in [2.05, 4.69) is 10.0 Å². The molecular weight excluding hydrogens is 338 g/mol. The summed E-state index contributed by atoms with van der Waals surface area (Å²) in [6.07, 6.45) is 1.85. The van der Waals surface area contributed by atoms with Gasteiger partial charge >= 0.3 is 0 Å². The summed E-state index contributed by atoms with van der Waals surface area (Å²) in [7, 11) is -2.11. The summed E-state index contributed by atoms with van der Waals surface area (Å²) in [4.78, 5) is 14.7. The predicted molar refractivity (Wildman–Crippen MR) is 92.5 cm³/mol. The zero-order chi connectivity index (χ0) is 16.2. The number of carbonyl (C=O) groups is 1. The fourth-order valence-electron chi connectivity index (χ4n) is 2.66. The van der Waals surface area contributed by atoms with Crippen LogP contribution < -0.4 is 10.0 Å². The molecule has 0 saturated carbocycles. The van der Waals surface area contributed by atoms with E-state index in [1.807, 2.05) is 11.8 Å². The predicted octanol–water partition coefficient (Wildman–Crippen LogP) is 1.23. The van der Waals surface area contributed by atoms with Crippen LogP contribution in [0.5, 0.6) is 0 Å². The highest BCUT2D eigenvalue weighted by Gasteiger charge is 2.26. The van der Waals surface area contributed by atoms with E-state index >= 15 is 0 Å². The standard InChI is InChI=1S/C15H23N3O3S.ClH/c1-3-10-18(13-8-9-17-11-13)15(19)12-4-6-14(7-5-12)22(20,21)16-2;/h4-7,13,16-17H,3,8-11H2,1-2H3;1H.